The van der Waals surface area contributed by atoms with Gasteiger partial charge in [0.1, 0.15) is 0 Å². The highest BCUT2D eigenvalue weighted by Crippen LogP contribution is 2.27. The lowest BCUT2D eigenvalue weighted by Gasteiger charge is -2.05. The average molecular weight is 274 g/mol. The molecule has 7 nitrogen and oxygen atoms in total. The number of H-pyrrole nitrogens is 1. The van der Waals surface area contributed by atoms with Crippen molar-refractivity contribution in [1.29, 1.82) is 0 Å². The number of ether oxygens (including phenoxy) is 1. The number of methoxy groups -OCH3 is 1. The van der Waals surface area contributed by atoms with Crippen LogP contribution >= 0.6 is 0 Å². The standard InChI is InChI=1S/C13H14N4O3/c1-8-6-14-13(16-12(8)19)17-15-7-9-4-3-5-10(20-2)11(9)18/h3-7,18H,1-2H3,(H2,14,16,17,19). The number of benzene rings is 1. The molecule has 0 fully saturated rings. The molecule has 2 rings (SSSR count). The SMILES string of the molecule is COc1cccc(C=NNc2ncc(C)c(=O)[nH]2)c1O. The lowest BCUT2D eigenvalue weighted by molar-refractivity contribution is 0.373. The Morgan fingerprint density at radius 3 is 3.00 bits per heavy atom. The van der Waals surface area contributed by atoms with E-state index in [1.807, 2.05) is 0 Å². The lowest BCUT2D eigenvalue weighted by Crippen LogP contribution is -2.12. The van der Waals surface area contributed by atoms with E-state index in [0.717, 1.165) is 0 Å². The zero-order valence-electron chi connectivity index (χ0n) is 11.0. The zero-order chi connectivity index (χ0) is 14.5. The van der Waals surface area contributed by atoms with Gasteiger partial charge in [-0.05, 0) is 19.1 Å². The van der Waals surface area contributed by atoms with E-state index in [-0.39, 0.29) is 17.3 Å². The predicted molar refractivity (Wildman–Crippen MR) is 75.5 cm³/mol. The quantitative estimate of drug-likeness (QED) is 0.575. The molecule has 7 heteroatoms. The molecule has 0 bridgehead atoms. The van der Waals surface area contributed by atoms with Gasteiger partial charge in [0.05, 0.1) is 13.3 Å². The van der Waals surface area contributed by atoms with Gasteiger partial charge in [0.25, 0.3) is 5.56 Å². The lowest BCUT2D eigenvalue weighted by atomic mass is 10.2. The van der Waals surface area contributed by atoms with Crippen molar-refractivity contribution in [2.75, 3.05) is 12.5 Å². The van der Waals surface area contributed by atoms with Crippen LogP contribution in [0.3, 0.4) is 0 Å². The van der Waals surface area contributed by atoms with E-state index in [4.69, 9.17) is 4.74 Å². The molecule has 104 valence electrons. The first-order chi connectivity index (χ1) is 9.61. The molecule has 1 aromatic carbocycles. The maximum atomic E-state index is 11.4. The number of aromatic nitrogens is 2. The van der Waals surface area contributed by atoms with Crippen LogP contribution in [0, 0.1) is 6.92 Å². The van der Waals surface area contributed by atoms with Crippen LogP contribution in [0.4, 0.5) is 5.95 Å². The molecule has 0 saturated heterocycles. The number of nitrogens with zero attached hydrogens (tertiary/aromatic N) is 2. The molecule has 0 unspecified atom stereocenters. The number of phenolic OH excluding ortho intramolecular Hbond substituents is 1. The summed E-state index contributed by atoms with van der Waals surface area (Å²) in [7, 11) is 1.47. The van der Waals surface area contributed by atoms with Crippen LogP contribution in [0.25, 0.3) is 0 Å². The van der Waals surface area contributed by atoms with Gasteiger partial charge in [0.2, 0.25) is 5.95 Å². The summed E-state index contributed by atoms with van der Waals surface area (Å²) in [5.41, 5.74) is 3.34. The van der Waals surface area contributed by atoms with E-state index < -0.39 is 0 Å². The number of hydrogen-bond acceptors (Lipinski definition) is 6. The first-order valence-corrected chi connectivity index (χ1v) is 5.83. The molecule has 20 heavy (non-hydrogen) atoms. The summed E-state index contributed by atoms with van der Waals surface area (Å²) in [5.74, 6) is 0.570. The predicted octanol–water partition coefficient (Wildman–Crippen LogP) is 1.24. The molecular weight excluding hydrogens is 260 g/mol. The van der Waals surface area contributed by atoms with Gasteiger partial charge in [-0.3, -0.25) is 9.78 Å². The summed E-state index contributed by atoms with van der Waals surface area (Å²) >= 11 is 0. The van der Waals surface area contributed by atoms with E-state index in [9.17, 15) is 9.90 Å². The monoisotopic (exact) mass is 274 g/mol. The number of hydrazone groups is 1. The van der Waals surface area contributed by atoms with Gasteiger partial charge in [-0.15, -0.1) is 0 Å². The van der Waals surface area contributed by atoms with Crippen molar-refractivity contribution in [2.24, 2.45) is 5.10 Å². The van der Waals surface area contributed by atoms with Gasteiger partial charge >= 0.3 is 0 Å². The van der Waals surface area contributed by atoms with E-state index in [1.165, 1.54) is 19.5 Å². The number of aromatic hydroxyl groups is 1. The van der Waals surface area contributed by atoms with Crippen molar-refractivity contribution >= 4 is 12.2 Å². The second-order valence-corrected chi connectivity index (χ2v) is 4.01. The molecule has 3 N–H and O–H groups in total. The molecule has 2 aromatic rings. The Morgan fingerprint density at radius 1 is 1.50 bits per heavy atom. The fourth-order valence-corrected chi connectivity index (χ4v) is 1.49. The summed E-state index contributed by atoms with van der Waals surface area (Å²) in [6.45, 7) is 1.66. The van der Waals surface area contributed by atoms with Gasteiger partial charge in [-0.1, -0.05) is 6.07 Å². The topological polar surface area (TPSA) is 99.6 Å². The molecule has 0 radical (unpaired) electrons. The average Bonchev–Trinajstić information content (AvgIpc) is 2.44. The summed E-state index contributed by atoms with van der Waals surface area (Å²) in [6.07, 6.45) is 2.84. The summed E-state index contributed by atoms with van der Waals surface area (Å²) < 4.78 is 4.99. The third-order valence-corrected chi connectivity index (χ3v) is 2.60. The second kappa shape index (κ2) is 5.87. The highest BCUT2D eigenvalue weighted by Gasteiger charge is 2.04. The fourth-order valence-electron chi connectivity index (χ4n) is 1.49. The Kier molecular flexibility index (Phi) is 3.99. The maximum Gasteiger partial charge on any atom is 0.255 e. The van der Waals surface area contributed by atoms with Crippen LogP contribution in [0.2, 0.25) is 0 Å². The van der Waals surface area contributed by atoms with Crippen molar-refractivity contribution in [3.05, 3.63) is 45.9 Å². The Morgan fingerprint density at radius 2 is 2.30 bits per heavy atom. The van der Waals surface area contributed by atoms with E-state index >= 15 is 0 Å². The number of phenols is 1. The van der Waals surface area contributed by atoms with Crippen LogP contribution in [0.5, 0.6) is 11.5 Å². The molecule has 0 amide bonds. The van der Waals surface area contributed by atoms with E-state index in [2.05, 4.69) is 20.5 Å². The van der Waals surface area contributed by atoms with Gasteiger partial charge in [0.15, 0.2) is 11.5 Å². The Bertz CT molecular complexity index is 694. The highest BCUT2D eigenvalue weighted by molar-refractivity contribution is 5.85. The minimum absolute atomic E-state index is 0.00842. The number of para-hydroxylation sites is 1. The van der Waals surface area contributed by atoms with Crippen molar-refractivity contribution in [2.45, 2.75) is 6.92 Å². The van der Waals surface area contributed by atoms with Crippen LogP contribution in [0.1, 0.15) is 11.1 Å². The molecule has 0 spiro atoms. The van der Waals surface area contributed by atoms with Crippen LogP contribution in [0.15, 0.2) is 34.3 Å². The normalized spacial score (nSPS) is 10.7. The molecule has 1 aromatic heterocycles. The van der Waals surface area contributed by atoms with Crippen molar-refractivity contribution in [1.82, 2.24) is 9.97 Å². The van der Waals surface area contributed by atoms with Crippen LogP contribution in [-0.2, 0) is 0 Å². The zero-order valence-corrected chi connectivity index (χ0v) is 11.0. The van der Waals surface area contributed by atoms with Gasteiger partial charge in [0, 0.05) is 17.3 Å². The smallest absolute Gasteiger partial charge is 0.255 e. The summed E-state index contributed by atoms with van der Waals surface area (Å²) in [6, 6.07) is 5.04. The molecule has 0 aliphatic heterocycles. The molecule has 0 saturated carbocycles. The largest absolute Gasteiger partial charge is 0.504 e. The summed E-state index contributed by atoms with van der Waals surface area (Å²) in [4.78, 5) is 17.8. The fraction of sp³-hybridized carbons (Fsp3) is 0.154. The number of anilines is 1. The molecule has 0 aliphatic rings. The first-order valence-electron chi connectivity index (χ1n) is 5.83. The first kappa shape index (κ1) is 13.6. The Balaban J connectivity index is 2.14. The molecule has 1 heterocycles. The molecule has 0 atom stereocenters. The van der Waals surface area contributed by atoms with Gasteiger partial charge in [-0.2, -0.15) is 5.10 Å². The Labute approximate surface area is 115 Å². The molecular formula is C13H14N4O3. The van der Waals surface area contributed by atoms with Gasteiger partial charge in [-0.25, -0.2) is 10.4 Å². The summed E-state index contributed by atoms with van der Waals surface area (Å²) in [5, 5.41) is 13.7. The maximum absolute atomic E-state index is 11.4. The minimum atomic E-state index is -0.234. The molecule has 0 aliphatic carbocycles. The second-order valence-electron chi connectivity index (χ2n) is 4.01. The third kappa shape index (κ3) is 2.94. The van der Waals surface area contributed by atoms with Gasteiger partial charge < -0.3 is 9.84 Å². The number of nitrogens with one attached hydrogen (secondary N) is 2. The van der Waals surface area contributed by atoms with Crippen molar-refractivity contribution in [3.63, 3.8) is 0 Å². The van der Waals surface area contributed by atoms with Crippen molar-refractivity contribution in [3.8, 4) is 11.5 Å². The number of rotatable bonds is 4. The van der Waals surface area contributed by atoms with E-state index in [0.29, 0.717) is 16.9 Å². The third-order valence-electron chi connectivity index (χ3n) is 2.60. The Hall–Kier alpha value is -2.83. The van der Waals surface area contributed by atoms with Crippen molar-refractivity contribution < 1.29 is 9.84 Å². The highest BCUT2D eigenvalue weighted by atomic mass is 16.5. The van der Waals surface area contributed by atoms with E-state index in [1.54, 1.807) is 25.1 Å². The van der Waals surface area contributed by atoms with Crippen LogP contribution < -0.4 is 15.7 Å². The minimum Gasteiger partial charge on any atom is -0.504 e. The number of hydrogen-bond donors (Lipinski definition) is 3. The number of aromatic amines is 1. The number of aryl methyl sites for hydroxylation is 1. The van der Waals surface area contributed by atoms with Crippen LogP contribution in [-0.4, -0.2) is 28.4 Å².